The lowest BCUT2D eigenvalue weighted by atomic mass is 9.92. The van der Waals surface area contributed by atoms with Crippen LogP contribution in [0.3, 0.4) is 0 Å². The molecule has 0 amide bonds. The van der Waals surface area contributed by atoms with Gasteiger partial charge >= 0.3 is 0 Å². The first-order valence-corrected chi connectivity index (χ1v) is 6.55. The fourth-order valence-electron chi connectivity index (χ4n) is 2.10. The van der Waals surface area contributed by atoms with Crippen molar-refractivity contribution < 1.29 is 0 Å². The third kappa shape index (κ3) is 3.57. The van der Waals surface area contributed by atoms with E-state index in [9.17, 15) is 0 Å². The van der Waals surface area contributed by atoms with Crippen molar-refractivity contribution in [3.8, 4) is 6.07 Å². The van der Waals surface area contributed by atoms with Crippen molar-refractivity contribution in [3.05, 3.63) is 70.2 Å². The van der Waals surface area contributed by atoms with Gasteiger partial charge in [-0.2, -0.15) is 5.26 Å². The van der Waals surface area contributed by atoms with E-state index in [1.165, 1.54) is 5.56 Å². The molecule has 3 heteroatoms. The van der Waals surface area contributed by atoms with Crippen molar-refractivity contribution in [2.75, 3.05) is 6.54 Å². The number of hydrogen-bond donors (Lipinski definition) is 1. The number of rotatable bonds is 4. The van der Waals surface area contributed by atoms with Crippen LogP contribution >= 0.6 is 11.6 Å². The summed E-state index contributed by atoms with van der Waals surface area (Å²) in [6.45, 7) is 0.570. The van der Waals surface area contributed by atoms with Crippen LogP contribution in [0.4, 0.5) is 0 Å². The summed E-state index contributed by atoms with van der Waals surface area (Å²) in [5.74, 6) is 0.242. The van der Waals surface area contributed by atoms with Crippen LogP contribution in [0, 0.1) is 11.3 Å². The molecule has 0 radical (unpaired) electrons. The van der Waals surface area contributed by atoms with Crippen molar-refractivity contribution in [2.24, 2.45) is 5.73 Å². The monoisotopic (exact) mass is 270 g/mol. The van der Waals surface area contributed by atoms with E-state index in [1.807, 2.05) is 48.5 Å². The Balaban J connectivity index is 2.17. The first-order valence-electron chi connectivity index (χ1n) is 6.17. The number of nitrogens with zero attached hydrogens (tertiary/aromatic N) is 1. The van der Waals surface area contributed by atoms with E-state index in [-0.39, 0.29) is 5.92 Å². The van der Waals surface area contributed by atoms with E-state index in [1.54, 1.807) is 0 Å². The molecule has 0 aromatic heterocycles. The van der Waals surface area contributed by atoms with Gasteiger partial charge in [-0.15, -0.1) is 0 Å². The van der Waals surface area contributed by atoms with E-state index >= 15 is 0 Å². The highest BCUT2D eigenvalue weighted by molar-refractivity contribution is 6.30. The van der Waals surface area contributed by atoms with E-state index in [0.717, 1.165) is 17.0 Å². The van der Waals surface area contributed by atoms with Gasteiger partial charge in [0.2, 0.25) is 0 Å². The van der Waals surface area contributed by atoms with E-state index in [2.05, 4.69) is 6.07 Å². The van der Waals surface area contributed by atoms with Gasteiger partial charge in [0.1, 0.15) is 0 Å². The Morgan fingerprint density at radius 1 is 1.16 bits per heavy atom. The molecule has 0 aliphatic carbocycles. The quantitative estimate of drug-likeness (QED) is 0.924. The van der Waals surface area contributed by atoms with Gasteiger partial charge in [-0.3, -0.25) is 0 Å². The molecule has 2 N–H and O–H groups in total. The second-order valence-corrected chi connectivity index (χ2v) is 4.94. The first-order chi connectivity index (χ1) is 9.22. The van der Waals surface area contributed by atoms with Crippen LogP contribution in [-0.2, 0) is 6.42 Å². The molecule has 0 saturated carbocycles. The first kappa shape index (κ1) is 13.6. The predicted octanol–water partition coefficient (Wildman–Crippen LogP) is 3.50. The molecular formula is C16H15ClN2. The average Bonchev–Trinajstić information content (AvgIpc) is 2.45. The van der Waals surface area contributed by atoms with Crippen LogP contribution in [-0.4, -0.2) is 6.54 Å². The second-order valence-electron chi connectivity index (χ2n) is 4.50. The number of benzene rings is 2. The highest BCUT2D eigenvalue weighted by Crippen LogP contribution is 2.23. The van der Waals surface area contributed by atoms with Crippen LogP contribution in [0.1, 0.15) is 22.6 Å². The minimum atomic E-state index is 0.242. The Kier molecular flexibility index (Phi) is 4.57. The number of nitrogens with two attached hydrogens (primary N) is 1. The zero-order valence-electron chi connectivity index (χ0n) is 10.5. The summed E-state index contributed by atoms with van der Waals surface area (Å²) < 4.78 is 0. The standard InChI is InChI=1S/C16H15ClN2/c17-16-3-1-2-14(9-16)15(11-19)8-12-4-6-13(10-18)7-5-12/h1-7,9,15H,8,11,19H2. The highest BCUT2D eigenvalue weighted by atomic mass is 35.5. The molecule has 19 heavy (non-hydrogen) atoms. The van der Waals surface area contributed by atoms with Gasteiger partial charge in [-0.25, -0.2) is 0 Å². The van der Waals surface area contributed by atoms with Crippen molar-refractivity contribution in [1.29, 1.82) is 5.26 Å². The predicted molar refractivity (Wildman–Crippen MR) is 78.1 cm³/mol. The van der Waals surface area contributed by atoms with Gasteiger partial charge in [0.25, 0.3) is 0 Å². The van der Waals surface area contributed by atoms with Gasteiger partial charge in [0.15, 0.2) is 0 Å². The molecule has 0 fully saturated rings. The molecule has 0 aliphatic rings. The average molecular weight is 271 g/mol. The lowest BCUT2D eigenvalue weighted by Crippen LogP contribution is -2.15. The Hall–Kier alpha value is -1.82. The molecule has 96 valence electrons. The molecule has 0 saturated heterocycles. The fourth-order valence-corrected chi connectivity index (χ4v) is 2.30. The van der Waals surface area contributed by atoms with Gasteiger partial charge in [-0.1, -0.05) is 35.9 Å². The summed E-state index contributed by atoms with van der Waals surface area (Å²) in [7, 11) is 0. The molecule has 2 aromatic carbocycles. The second kappa shape index (κ2) is 6.38. The molecule has 1 atom stereocenters. The van der Waals surface area contributed by atoms with Crippen LogP contribution in [0.15, 0.2) is 48.5 Å². The summed E-state index contributed by atoms with van der Waals surface area (Å²) in [5.41, 5.74) is 8.87. The Morgan fingerprint density at radius 3 is 2.47 bits per heavy atom. The Labute approximate surface area is 118 Å². The van der Waals surface area contributed by atoms with Crippen molar-refractivity contribution in [2.45, 2.75) is 12.3 Å². The SMILES string of the molecule is N#Cc1ccc(CC(CN)c2cccc(Cl)c2)cc1. The third-order valence-electron chi connectivity index (χ3n) is 3.17. The zero-order valence-corrected chi connectivity index (χ0v) is 11.3. The molecular weight excluding hydrogens is 256 g/mol. The number of halogens is 1. The minimum Gasteiger partial charge on any atom is -0.330 e. The molecule has 2 aromatic rings. The Morgan fingerprint density at radius 2 is 1.89 bits per heavy atom. The normalized spacial score (nSPS) is 11.8. The van der Waals surface area contributed by atoms with E-state index < -0.39 is 0 Å². The molecule has 2 rings (SSSR count). The maximum Gasteiger partial charge on any atom is 0.0991 e. The summed E-state index contributed by atoms with van der Waals surface area (Å²) >= 11 is 6.01. The van der Waals surface area contributed by atoms with Crippen molar-refractivity contribution in [3.63, 3.8) is 0 Å². The van der Waals surface area contributed by atoms with Crippen LogP contribution in [0.2, 0.25) is 5.02 Å². The van der Waals surface area contributed by atoms with Gasteiger partial charge < -0.3 is 5.73 Å². The van der Waals surface area contributed by atoms with Crippen molar-refractivity contribution in [1.82, 2.24) is 0 Å². The number of nitriles is 1. The third-order valence-corrected chi connectivity index (χ3v) is 3.40. The topological polar surface area (TPSA) is 49.8 Å². The van der Waals surface area contributed by atoms with Crippen molar-refractivity contribution >= 4 is 11.6 Å². The summed E-state index contributed by atoms with van der Waals surface area (Å²) in [5, 5.41) is 9.51. The molecule has 0 aliphatic heterocycles. The van der Waals surface area contributed by atoms with Crippen LogP contribution in [0.25, 0.3) is 0 Å². The maximum atomic E-state index is 8.78. The summed E-state index contributed by atoms with van der Waals surface area (Å²) in [4.78, 5) is 0. The van der Waals surface area contributed by atoms with Gasteiger partial charge in [-0.05, 0) is 48.4 Å². The molecule has 0 heterocycles. The van der Waals surface area contributed by atoms with Crippen LogP contribution in [0.5, 0.6) is 0 Å². The fraction of sp³-hybridized carbons (Fsp3) is 0.188. The smallest absolute Gasteiger partial charge is 0.0991 e. The van der Waals surface area contributed by atoms with Gasteiger partial charge in [0.05, 0.1) is 11.6 Å². The van der Waals surface area contributed by atoms with E-state index in [0.29, 0.717) is 12.1 Å². The molecule has 0 spiro atoms. The minimum absolute atomic E-state index is 0.242. The largest absolute Gasteiger partial charge is 0.330 e. The van der Waals surface area contributed by atoms with Crippen LogP contribution < -0.4 is 5.73 Å². The summed E-state index contributed by atoms with van der Waals surface area (Å²) in [6.07, 6.45) is 0.850. The lowest BCUT2D eigenvalue weighted by Gasteiger charge is -2.15. The lowest BCUT2D eigenvalue weighted by molar-refractivity contribution is 0.694. The molecule has 1 unspecified atom stereocenters. The molecule has 0 bridgehead atoms. The highest BCUT2D eigenvalue weighted by Gasteiger charge is 2.11. The zero-order chi connectivity index (χ0) is 13.7. The Bertz CT molecular complexity index is 584. The van der Waals surface area contributed by atoms with E-state index in [4.69, 9.17) is 22.6 Å². The number of hydrogen-bond acceptors (Lipinski definition) is 2. The summed E-state index contributed by atoms with van der Waals surface area (Å²) in [6, 6.07) is 17.6. The maximum absolute atomic E-state index is 8.78. The molecule has 2 nitrogen and oxygen atoms in total. The van der Waals surface area contributed by atoms with Gasteiger partial charge in [0, 0.05) is 10.9 Å².